The van der Waals surface area contributed by atoms with Crippen molar-refractivity contribution in [2.75, 3.05) is 46.1 Å². The van der Waals surface area contributed by atoms with Gasteiger partial charge in [-0.2, -0.15) is 0 Å². The molecule has 1 amide bonds. The van der Waals surface area contributed by atoms with Crippen molar-refractivity contribution in [3.05, 3.63) is 23.8 Å². The smallest absolute Gasteiger partial charge is 0.239 e. The molecule has 0 aromatic heterocycles. The van der Waals surface area contributed by atoms with Gasteiger partial charge in [-0.05, 0) is 30.7 Å². The second-order valence-corrected chi connectivity index (χ2v) is 7.94. The number of nitrogens with zero attached hydrogens (tertiary/aromatic N) is 1. The summed E-state index contributed by atoms with van der Waals surface area (Å²) in [5.74, 6) is 1.62. The first-order valence-electron chi connectivity index (χ1n) is 10.0. The average Bonchev–Trinajstić information content (AvgIpc) is 2.70. The van der Waals surface area contributed by atoms with E-state index in [0.29, 0.717) is 33.0 Å². The number of nitrogens with one attached hydrogen (secondary N) is 1. The molecular formula is C21H32N2O4. The van der Waals surface area contributed by atoms with Gasteiger partial charge in [-0.25, -0.2) is 0 Å². The summed E-state index contributed by atoms with van der Waals surface area (Å²) in [6, 6.07) is 5.84. The van der Waals surface area contributed by atoms with Gasteiger partial charge in [0.1, 0.15) is 19.3 Å². The Balaban J connectivity index is 1.61. The first-order valence-corrected chi connectivity index (χ1v) is 10.0. The molecule has 27 heavy (non-hydrogen) atoms. The molecule has 0 saturated carbocycles. The lowest BCUT2D eigenvalue weighted by molar-refractivity contribution is -0.132. The van der Waals surface area contributed by atoms with Crippen molar-refractivity contribution >= 4 is 5.91 Å². The molecule has 6 nitrogen and oxygen atoms in total. The van der Waals surface area contributed by atoms with Gasteiger partial charge in [-0.1, -0.05) is 33.3 Å². The van der Waals surface area contributed by atoms with Crippen LogP contribution < -0.4 is 14.8 Å². The van der Waals surface area contributed by atoms with Gasteiger partial charge < -0.3 is 19.5 Å². The molecule has 6 heteroatoms. The molecule has 0 spiro atoms. The van der Waals surface area contributed by atoms with E-state index in [1.165, 1.54) is 0 Å². The Bertz CT molecular complexity index is 647. The van der Waals surface area contributed by atoms with E-state index in [0.717, 1.165) is 43.0 Å². The Kier molecular flexibility index (Phi) is 6.60. The number of hydrogen-bond acceptors (Lipinski definition) is 5. The van der Waals surface area contributed by atoms with Crippen LogP contribution in [0.15, 0.2) is 18.2 Å². The minimum atomic E-state index is -0.213. The summed E-state index contributed by atoms with van der Waals surface area (Å²) in [4.78, 5) is 15.1. The number of carbonyl (C=O) groups excluding carboxylic acids is 1. The Morgan fingerprint density at radius 2 is 2.00 bits per heavy atom. The number of unbranched alkanes of at least 4 members (excludes halogenated alkanes) is 1. The second-order valence-electron chi connectivity index (χ2n) is 7.94. The zero-order chi connectivity index (χ0) is 19.3. The highest BCUT2D eigenvalue weighted by molar-refractivity contribution is 5.82. The zero-order valence-electron chi connectivity index (χ0n) is 16.8. The third kappa shape index (κ3) is 4.93. The van der Waals surface area contributed by atoms with Gasteiger partial charge in [0.15, 0.2) is 11.5 Å². The van der Waals surface area contributed by atoms with Gasteiger partial charge in [0.25, 0.3) is 0 Å². The second kappa shape index (κ2) is 8.93. The highest BCUT2D eigenvalue weighted by Gasteiger charge is 2.31. The summed E-state index contributed by atoms with van der Waals surface area (Å²) < 4.78 is 16.9. The number of fused-ring (bicyclic) bond motifs is 1. The fourth-order valence-corrected chi connectivity index (χ4v) is 3.50. The topological polar surface area (TPSA) is 60.0 Å². The van der Waals surface area contributed by atoms with Gasteiger partial charge >= 0.3 is 0 Å². The van der Waals surface area contributed by atoms with Crippen molar-refractivity contribution in [2.24, 2.45) is 0 Å². The number of morpholine rings is 1. The molecule has 0 radical (unpaired) electrons. The minimum absolute atomic E-state index is 0.0522. The molecule has 0 bridgehead atoms. The number of hydrogen-bond donors (Lipinski definition) is 1. The average molecular weight is 376 g/mol. The van der Waals surface area contributed by atoms with Crippen LogP contribution in [0.4, 0.5) is 0 Å². The maximum absolute atomic E-state index is 12.8. The Morgan fingerprint density at radius 3 is 2.78 bits per heavy atom. The van der Waals surface area contributed by atoms with E-state index in [2.05, 4.69) is 37.1 Å². The molecule has 1 aromatic rings. The Hall–Kier alpha value is -1.79. The van der Waals surface area contributed by atoms with E-state index in [-0.39, 0.29) is 17.4 Å². The van der Waals surface area contributed by atoms with Gasteiger partial charge in [-0.3, -0.25) is 9.69 Å². The first kappa shape index (κ1) is 20.0. The largest absolute Gasteiger partial charge is 0.486 e. The van der Waals surface area contributed by atoms with E-state index in [1.807, 2.05) is 12.1 Å². The van der Waals surface area contributed by atoms with Crippen molar-refractivity contribution < 1.29 is 19.0 Å². The molecule has 1 aromatic carbocycles. The number of rotatable bonds is 7. The van der Waals surface area contributed by atoms with Crippen molar-refractivity contribution in [1.29, 1.82) is 0 Å². The lowest BCUT2D eigenvalue weighted by Crippen LogP contribution is -2.55. The summed E-state index contributed by atoms with van der Waals surface area (Å²) in [7, 11) is 0. The summed E-state index contributed by atoms with van der Waals surface area (Å²) >= 11 is 0. The molecule has 2 aliphatic rings. The van der Waals surface area contributed by atoms with E-state index < -0.39 is 0 Å². The standard InChI is InChI=1S/C21H32N2O4/c1-4-5-8-23-9-10-25-14-17(23)20(24)22-15-21(2,3)16-6-7-18-19(13-16)27-12-11-26-18/h6-7,13,17H,4-5,8-12,14-15H2,1-3H3,(H,22,24)/t17-/m1/s1. The maximum Gasteiger partial charge on any atom is 0.239 e. The number of carbonyl (C=O) groups is 1. The molecule has 150 valence electrons. The summed E-state index contributed by atoms with van der Waals surface area (Å²) in [5, 5.41) is 3.14. The fourth-order valence-electron chi connectivity index (χ4n) is 3.50. The summed E-state index contributed by atoms with van der Waals surface area (Å²) in [6.45, 7) is 11.1. The highest BCUT2D eigenvalue weighted by atomic mass is 16.6. The number of ether oxygens (including phenoxy) is 3. The quantitative estimate of drug-likeness (QED) is 0.792. The monoisotopic (exact) mass is 376 g/mol. The number of amides is 1. The molecule has 3 rings (SSSR count). The maximum atomic E-state index is 12.8. The van der Waals surface area contributed by atoms with Gasteiger partial charge in [0, 0.05) is 18.5 Å². The fraction of sp³-hybridized carbons (Fsp3) is 0.667. The Labute approximate surface area is 162 Å². The molecule has 1 fully saturated rings. The third-order valence-electron chi connectivity index (χ3n) is 5.37. The molecule has 0 unspecified atom stereocenters. The summed E-state index contributed by atoms with van der Waals surface area (Å²) in [5.41, 5.74) is 0.907. The molecule has 0 aliphatic carbocycles. The highest BCUT2D eigenvalue weighted by Crippen LogP contribution is 2.34. The Morgan fingerprint density at radius 1 is 1.22 bits per heavy atom. The van der Waals surface area contributed by atoms with E-state index in [4.69, 9.17) is 14.2 Å². The SMILES string of the molecule is CCCCN1CCOC[C@@H]1C(=O)NCC(C)(C)c1ccc2c(c1)OCCO2. The normalized spacial score (nSPS) is 20.3. The van der Waals surface area contributed by atoms with Crippen molar-refractivity contribution in [1.82, 2.24) is 10.2 Å². The van der Waals surface area contributed by atoms with Gasteiger partial charge in [0.2, 0.25) is 5.91 Å². The lowest BCUT2D eigenvalue weighted by atomic mass is 9.84. The molecular weight excluding hydrogens is 344 g/mol. The predicted octanol–water partition coefficient (Wildman–Crippen LogP) is 2.35. The van der Waals surface area contributed by atoms with Crippen molar-refractivity contribution in [2.45, 2.75) is 45.1 Å². The van der Waals surface area contributed by atoms with Crippen LogP contribution in [0.2, 0.25) is 0 Å². The third-order valence-corrected chi connectivity index (χ3v) is 5.37. The van der Waals surface area contributed by atoms with Crippen LogP contribution in [0.5, 0.6) is 11.5 Å². The predicted molar refractivity (Wildman–Crippen MR) is 105 cm³/mol. The van der Waals surface area contributed by atoms with Crippen molar-refractivity contribution in [3.8, 4) is 11.5 Å². The van der Waals surface area contributed by atoms with Crippen LogP contribution in [0, 0.1) is 0 Å². The van der Waals surface area contributed by atoms with Crippen LogP contribution in [0.25, 0.3) is 0 Å². The first-order chi connectivity index (χ1) is 13.0. The van der Waals surface area contributed by atoms with E-state index in [1.54, 1.807) is 0 Å². The molecule has 1 N–H and O–H groups in total. The van der Waals surface area contributed by atoms with Crippen LogP contribution >= 0.6 is 0 Å². The van der Waals surface area contributed by atoms with E-state index >= 15 is 0 Å². The van der Waals surface area contributed by atoms with Crippen LogP contribution in [0.1, 0.15) is 39.2 Å². The lowest BCUT2D eigenvalue weighted by Gasteiger charge is -2.35. The van der Waals surface area contributed by atoms with Gasteiger partial charge in [-0.15, -0.1) is 0 Å². The van der Waals surface area contributed by atoms with Gasteiger partial charge in [0.05, 0.1) is 13.2 Å². The molecule has 1 saturated heterocycles. The zero-order valence-corrected chi connectivity index (χ0v) is 16.8. The molecule has 2 heterocycles. The summed E-state index contributed by atoms with van der Waals surface area (Å²) in [6.07, 6.45) is 2.23. The van der Waals surface area contributed by atoms with Crippen LogP contribution in [-0.2, 0) is 14.9 Å². The molecule has 2 aliphatic heterocycles. The van der Waals surface area contributed by atoms with Crippen LogP contribution in [-0.4, -0.2) is 62.9 Å². The van der Waals surface area contributed by atoms with Crippen molar-refractivity contribution in [3.63, 3.8) is 0 Å². The minimum Gasteiger partial charge on any atom is -0.486 e. The van der Waals surface area contributed by atoms with E-state index in [9.17, 15) is 4.79 Å². The molecule has 1 atom stereocenters. The van der Waals surface area contributed by atoms with Crippen LogP contribution in [0.3, 0.4) is 0 Å². The number of benzene rings is 1.